The third-order valence-corrected chi connectivity index (χ3v) is 2.57. The fourth-order valence-corrected chi connectivity index (χ4v) is 1.78. The second-order valence-corrected chi connectivity index (χ2v) is 5.25. The number of hydrogen-bond acceptors (Lipinski definition) is 3. The maximum Gasteiger partial charge on any atom is 0.260 e. The van der Waals surface area contributed by atoms with Crippen LogP contribution in [0.2, 0.25) is 0 Å². The molecule has 1 aromatic carbocycles. The number of benzene rings is 1. The molecule has 4 heteroatoms. The van der Waals surface area contributed by atoms with Crippen LogP contribution in [0.1, 0.15) is 33.3 Å². The maximum absolute atomic E-state index is 11.8. The summed E-state index contributed by atoms with van der Waals surface area (Å²) < 4.78 is 5.65. The Morgan fingerprint density at radius 3 is 2.58 bits per heavy atom. The minimum absolute atomic E-state index is 0.104. The highest BCUT2D eigenvalue weighted by atomic mass is 16.5. The quantitative estimate of drug-likeness (QED) is 0.824. The molecule has 2 unspecified atom stereocenters. The van der Waals surface area contributed by atoms with Crippen LogP contribution >= 0.6 is 0 Å². The van der Waals surface area contributed by atoms with E-state index in [9.17, 15) is 4.79 Å². The number of nitrogens with one attached hydrogen (secondary N) is 1. The molecule has 0 heterocycles. The van der Waals surface area contributed by atoms with Crippen LogP contribution in [0.5, 0.6) is 5.75 Å². The minimum atomic E-state index is -0.507. The van der Waals surface area contributed by atoms with Crippen LogP contribution in [-0.2, 0) is 11.2 Å². The lowest BCUT2D eigenvalue weighted by Crippen LogP contribution is -2.40. The second-order valence-electron chi connectivity index (χ2n) is 5.25. The first-order valence-electron chi connectivity index (χ1n) is 6.70. The van der Waals surface area contributed by atoms with Crippen molar-refractivity contribution in [3.05, 3.63) is 29.8 Å². The predicted octanol–water partition coefficient (Wildman–Crippen LogP) is 1.87. The average Bonchev–Trinajstić information content (AvgIpc) is 2.27. The number of rotatable bonds is 6. The molecule has 0 aliphatic heterocycles. The number of hydrogen-bond donors (Lipinski definition) is 2. The van der Waals surface area contributed by atoms with Gasteiger partial charge in [0.1, 0.15) is 5.75 Å². The van der Waals surface area contributed by atoms with Crippen molar-refractivity contribution in [3.63, 3.8) is 0 Å². The summed E-state index contributed by atoms with van der Waals surface area (Å²) in [5, 5.41) is 2.83. The molecule has 1 rings (SSSR count). The summed E-state index contributed by atoms with van der Waals surface area (Å²) in [5.74, 6) is 0.595. The highest BCUT2D eigenvalue weighted by molar-refractivity contribution is 5.80. The molecule has 0 bridgehead atoms. The van der Waals surface area contributed by atoms with Crippen molar-refractivity contribution in [3.8, 4) is 5.75 Å². The lowest BCUT2D eigenvalue weighted by Gasteiger charge is -2.17. The normalized spacial score (nSPS) is 14.0. The standard InChI is InChI=1S/C15H24N2O2/c1-10(2)17-15(18)12(4)19-14-7-5-6-13(9-14)8-11(3)16/h5-7,9-12H,8,16H2,1-4H3,(H,17,18). The van der Waals surface area contributed by atoms with Crippen LogP contribution in [0.25, 0.3) is 0 Å². The van der Waals surface area contributed by atoms with Crippen molar-refractivity contribution < 1.29 is 9.53 Å². The van der Waals surface area contributed by atoms with Gasteiger partial charge in [-0.3, -0.25) is 4.79 Å². The molecule has 2 atom stereocenters. The lowest BCUT2D eigenvalue weighted by molar-refractivity contribution is -0.127. The highest BCUT2D eigenvalue weighted by Gasteiger charge is 2.15. The van der Waals surface area contributed by atoms with Gasteiger partial charge in [0.15, 0.2) is 6.10 Å². The van der Waals surface area contributed by atoms with Gasteiger partial charge in [-0.25, -0.2) is 0 Å². The Hall–Kier alpha value is -1.55. The predicted molar refractivity (Wildman–Crippen MR) is 77.2 cm³/mol. The van der Waals surface area contributed by atoms with Gasteiger partial charge in [-0.2, -0.15) is 0 Å². The summed E-state index contributed by atoms with van der Waals surface area (Å²) in [6.45, 7) is 7.56. The van der Waals surface area contributed by atoms with E-state index in [0.29, 0.717) is 5.75 Å². The van der Waals surface area contributed by atoms with Gasteiger partial charge in [0, 0.05) is 12.1 Å². The van der Waals surface area contributed by atoms with Gasteiger partial charge in [-0.1, -0.05) is 12.1 Å². The Morgan fingerprint density at radius 2 is 2.00 bits per heavy atom. The molecule has 106 valence electrons. The lowest BCUT2D eigenvalue weighted by atomic mass is 10.1. The van der Waals surface area contributed by atoms with Crippen LogP contribution in [0, 0.1) is 0 Å². The van der Waals surface area contributed by atoms with Crippen LogP contribution in [0.3, 0.4) is 0 Å². The molecule has 0 aliphatic carbocycles. The van der Waals surface area contributed by atoms with Crippen molar-refractivity contribution in [2.45, 2.75) is 52.3 Å². The number of carbonyl (C=O) groups excluding carboxylic acids is 1. The van der Waals surface area contributed by atoms with E-state index in [1.165, 1.54) is 0 Å². The molecular formula is C15H24N2O2. The summed E-state index contributed by atoms with van der Waals surface area (Å²) >= 11 is 0. The Balaban J connectivity index is 2.63. The topological polar surface area (TPSA) is 64.3 Å². The van der Waals surface area contributed by atoms with E-state index in [1.54, 1.807) is 6.92 Å². The molecule has 1 aromatic rings. The van der Waals surface area contributed by atoms with E-state index < -0.39 is 6.10 Å². The summed E-state index contributed by atoms with van der Waals surface area (Å²) in [4.78, 5) is 11.8. The molecule has 0 radical (unpaired) electrons. The minimum Gasteiger partial charge on any atom is -0.481 e. The molecule has 1 amide bonds. The van der Waals surface area contributed by atoms with Crippen LogP contribution in [0.15, 0.2) is 24.3 Å². The zero-order chi connectivity index (χ0) is 14.4. The van der Waals surface area contributed by atoms with Crippen molar-refractivity contribution in [2.75, 3.05) is 0 Å². The average molecular weight is 264 g/mol. The Bertz CT molecular complexity index is 416. The summed E-state index contributed by atoms with van der Waals surface area (Å²) in [6, 6.07) is 7.93. The van der Waals surface area contributed by atoms with Gasteiger partial charge < -0.3 is 15.8 Å². The van der Waals surface area contributed by atoms with Crippen LogP contribution in [0.4, 0.5) is 0 Å². The van der Waals surface area contributed by atoms with E-state index in [0.717, 1.165) is 12.0 Å². The molecule has 3 N–H and O–H groups in total. The fraction of sp³-hybridized carbons (Fsp3) is 0.533. The fourth-order valence-electron chi connectivity index (χ4n) is 1.78. The molecular weight excluding hydrogens is 240 g/mol. The molecule has 0 saturated heterocycles. The van der Waals surface area contributed by atoms with E-state index in [2.05, 4.69) is 5.32 Å². The second kappa shape index (κ2) is 7.14. The van der Waals surface area contributed by atoms with Gasteiger partial charge in [-0.05, 0) is 51.8 Å². The van der Waals surface area contributed by atoms with Crippen molar-refractivity contribution in [1.82, 2.24) is 5.32 Å². The third-order valence-electron chi connectivity index (χ3n) is 2.57. The summed E-state index contributed by atoms with van der Waals surface area (Å²) in [5.41, 5.74) is 6.89. The zero-order valence-corrected chi connectivity index (χ0v) is 12.1. The summed E-state index contributed by atoms with van der Waals surface area (Å²) in [7, 11) is 0. The van der Waals surface area contributed by atoms with E-state index in [4.69, 9.17) is 10.5 Å². The Kier molecular flexibility index (Phi) is 5.83. The SMILES string of the molecule is CC(N)Cc1cccc(OC(C)C(=O)NC(C)C)c1. The molecule has 0 aromatic heterocycles. The number of carbonyl (C=O) groups is 1. The van der Waals surface area contributed by atoms with E-state index in [-0.39, 0.29) is 18.0 Å². The van der Waals surface area contributed by atoms with Crippen LogP contribution < -0.4 is 15.8 Å². The molecule has 0 spiro atoms. The first-order chi connectivity index (χ1) is 8.88. The largest absolute Gasteiger partial charge is 0.481 e. The highest BCUT2D eigenvalue weighted by Crippen LogP contribution is 2.16. The van der Waals surface area contributed by atoms with Crippen molar-refractivity contribution in [1.29, 1.82) is 0 Å². The molecule has 0 saturated carbocycles. The monoisotopic (exact) mass is 264 g/mol. The van der Waals surface area contributed by atoms with Crippen molar-refractivity contribution in [2.24, 2.45) is 5.73 Å². The van der Waals surface area contributed by atoms with E-state index in [1.807, 2.05) is 45.0 Å². The number of amides is 1. The Labute approximate surface area is 115 Å². The number of nitrogens with two attached hydrogens (primary N) is 1. The Morgan fingerprint density at radius 1 is 1.32 bits per heavy atom. The summed E-state index contributed by atoms with van der Waals surface area (Å²) in [6.07, 6.45) is 0.289. The smallest absolute Gasteiger partial charge is 0.260 e. The zero-order valence-electron chi connectivity index (χ0n) is 12.1. The van der Waals surface area contributed by atoms with Crippen LogP contribution in [-0.4, -0.2) is 24.1 Å². The molecule has 4 nitrogen and oxygen atoms in total. The molecule has 0 fully saturated rings. The first-order valence-corrected chi connectivity index (χ1v) is 6.70. The van der Waals surface area contributed by atoms with Gasteiger partial charge >= 0.3 is 0 Å². The van der Waals surface area contributed by atoms with Gasteiger partial charge in [-0.15, -0.1) is 0 Å². The van der Waals surface area contributed by atoms with Gasteiger partial charge in [0.25, 0.3) is 5.91 Å². The van der Waals surface area contributed by atoms with Gasteiger partial charge in [0.05, 0.1) is 0 Å². The van der Waals surface area contributed by atoms with E-state index >= 15 is 0 Å². The maximum atomic E-state index is 11.8. The first kappa shape index (κ1) is 15.5. The third kappa shape index (κ3) is 5.75. The molecule has 0 aliphatic rings. The van der Waals surface area contributed by atoms with Gasteiger partial charge in [0.2, 0.25) is 0 Å². The number of ether oxygens (including phenoxy) is 1. The van der Waals surface area contributed by atoms with Crippen molar-refractivity contribution >= 4 is 5.91 Å². The molecule has 19 heavy (non-hydrogen) atoms.